The van der Waals surface area contributed by atoms with Gasteiger partial charge in [0.1, 0.15) is 0 Å². The second kappa shape index (κ2) is 5.44. The molecule has 2 aromatic carbocycles. The number of hydrogen-bond donors (Lipinski definition) is 1. The van der Waals surface area contributed by atoms with Gasteiger partial charge in [0.2, 0.25) is 0 Å². The van der Waals surface area contributed by atoms with Gasteiger partial charge in [-0.2, -0.15) is 0 Å². The lowest BCUT2D eigenvalue weighted by molar-refractivity contribution is 0.596. The molecule has 3 aromatic rings. The van der Waals surface area contributed by atoms with Crippen LogP contribution in [-0.2, 0) is 15.6 Å². The maximum absolute atomic E-state index is 12.6. The van der Waals surface area contributed by atoms with E-state index in [1.807, 2.05) is 29.6 Å². The zero-order chi connectivity index (χ0) is 15.0. The van der Waals surface area contributed by atoms with Gasteiger partial charge in [0.15, 0.2) is 9.84 Å². The van der Waals surface area contributed by atoms with Crippen molar-refractivity contribution in [3.63, 3.8) is 0 Å². The number of hydrogen-bond acceptors (Lipinski definition) is 4. The van der Waals surface area contributed by atoms with Crippen molar-refractivity contribution in [2.45, 2.75) is 10.6 Å². The van der Waals surface area contributed by atoms with Gasteiger partial charge in [-0.1, -0.05) is 34.1 Å². The molecule has 2 N–H and O–H groups in total. The third kappa shape index (κ3) is 2.84. The van der Waals surface area contributed by atoms with Crippen molar-refractivity contribution < 1.29 is 8.42 Å². The van der Waals surface area contributed by atoms with Gasteiger partial charge in [-0.15, -0.1) is 11.3 Å². The van der Waals surface area contributed by atoms with Crippen molar-refractivity contribution >= 4 is 52.9 Å². The van der Waals surface area contributed by atoms with Crippen LogP contribution in [0.15, 0.2) is 57.2 Å². The van der Waals surface area contributed by atoms with Crippen LogP contribution in [-0.4, -0.2) is 8.42 Å². The highest BCUT2D eigenvalue weighted by molar-refractivity contribution is 9.10. The summed E-state index contributed by atoms with van der Waals surface area (Å²) < 4.78 is 27.0. The minimum absolute atomic E-state index is 0.0388. The lowest BCUT2D eigenvalue weighted by Gasteiger charge is -2.07. The largest absolute Gasteiger partial charge is 0.398 e. The van der Waals surface area contributed by atoms with Crippen LogP contribution in [0, 0.1) is 0 Å². The van der Waals surface area contributed by atoms with Crippen LogP contribution in [0.3, 0.4) is 0 Å². The topological polar surface area (TPSA) is 60.2 Å². The van der Waals surface area contributed by atoms with E-state index in [4.69, 9.17) is 5.73 Å². The zero-order valence-corrected chi connectivity index (χ0v) is 14.1. The molecule has 108 valence electrons. The second-order valence-electron chi connectivity index (χ2n) is 4.70. The highest BCUT2D eigenvalue weighted by atomic mass is 79.9. The highest BCUT2D eigenvalue weighted by Gasteiger charge is 2.20. The van der Waals surface area contributed by atoms with Crippen LogP contribution in [0.2, 0.25) is 0 Å². The van der Waals surface area contributed by atoms with Gasteiger partial charge in [0.05, 0.1) is 16.3 Å². The maximum Gasteiger partial charge on any atom is 0.184 e. The minimum atomic E-state index is -3.46. The van der Waals surface area contributed by atoms with E-state index in [-0.39, 0.29) is 16.3 Å². The molecule has 0 radical (unpaired) electrons. The molecule has 0 saturated heterocycles. The van der Waals surface area contributed by atoms with E-state index in [1.54, 1.807) is 29.5 Å². The molecular formula is C15H12BrNO2S2. The van der Waals surface area contributed by atoms with Crippen molar-refractivity contribution in [1.29, 1.82) is 0 Å². The molecule has 0 aliphatic rings. The number of rotatable bonds is 3. The minimum Gasteiger partial charge on any atom is -0.398 e. The highest BCUT2D eigenvalue weighted by Crippen LogP contribution is 2.31. The smallest absolute Gasteiger partial charge is 0.184 e. The Balaban J connectivity index is 2.03. The molecule has 6 heteroatoms. The van der Waals surface area contributed by atoms with Crippen molar-refractivity contribution in [1.82, 2.24) is 0 Å². The molecule has 0 spiro atoms. The Kier molecular flexibility index (Phi) is 3.77. The molecule has 1 heterocycles. The quantitative estimate of drug-likeness (QED) is 0.690. The molecule has 21 heavy (non-hydrogen) atoms. The van der Waals surface area contributed by atoms with Gasteiger partial charge in [0, 0.05) is 9.17 Å². The van der Waals surface area contributed by atoms with Gasteiger partial charge < -0.3 is 5.73 Å². The molecule has 0 unspecified atom stereocenters. The molecule has 1 aromatic heterocycles. The third-order valence-electron chi connectivity index (χ3n) is 3.21. The van der Waals surface area contributed by atoms with Gasteiger partial charge >= 0.3 is 0 Å². The van der Waals surface area contributed by atoms with Crippen LogP contribution in [0.5, 0.6) is 0 Å². The summed E-state index contributed by atoms with van der Waals surface area (Å²) in [7, 11) is -3.46. The monoisotopic (exact) mass is 381 g/mol. The molecule has 0 aliphatic carbocycles. The summed E-state index contributed by atoms with van der Waals surface area (Å²) in [5.74, 6) is -0.0388. The fraction of sp³-hybridized carbons (Fsp3) is 0.0667. The Labute approximate surface area is 135 Å². The number of nitrogens with two attached hydrogens (primary N) is 1. The Bertz CT molecular complexity index is 916. The fourth-order valence-corrected chi connectivity index (χ4v) is 5.17. The molecule has 3 nitrogen and oxygen atoms in total. The molecule has 0 atom stereocenters. The molecule has 0 bridgehead atoms. The first-order valence-corrected chi connectivity index (χ1v) is 9.53. The molecule has 0 fully saturated rings. The first-order valence-electron chi connectivity index (χ1n) is 6.20. The van der Waals surface area contributed by atoms with E-state index in [2.05, 4.69) is 15.9 Å². The number of sulfone groups is 1. The average molecular weight is 382 g/mol. The number of halogens is 1. The number of thiophene rings is 1. The van der Waals surface area contributed by atoms with E-state index < -0.39 is 9.84 Å². The van der Waals surface area contributed by atoms with Crippen LogP contribution >= 0.6 is 27.3 Å². The summed E-state index contributed by atoms with van der Waals surface area (Å²) >= 11 is 4.84. The summed E-state index contributed by atoms with van der Waals surface area (Å²) in [5, 5.41) is 2.89. The van der Waals surface area contributed by atoms with E-state index in [0.717, 1.165) is 20.1 Å². The van der Waals surface area contributed by atoms with Crippen molar-refractivity contribution in [2.75, 3.05) is 5.73 Å². The zero-order valence-electron chi connectivity index (χ0n) is 10.9. The summed E-state index contributed by atoms with van der Waals surface area (Å²) in [6.45, 7) is 0. The predicted octanol–water partition coefficient (Wildman–Crippen LogP) is 4.22. The lowest BCUT2D eigenvalue weighted by Crippen LogP contribution is -2.07. The average Bonchev–Trinajstić information content (AvgIpc) is 2.81. The van der Waals surface area contributed by atoms with E-state index in [0.29, 0.717) is 0 Å². The summed E-state index contributed by atoms with van der Waals surface area (Å²) in [6.07, 6.45) is 0. The van der Waals surface area contributed by atoms with Crippen LogP contribution < -0.4 is 5.73 Å². The van der Waals surface area contributed by atoms with E-state index in [1.165, 1.54) is 0 Å². The summed E-state index contributed by atoms with van der Waals surface area (Å²) in [4.78, 5) is 0.181. The maximum atomic E-state index is 12.6. The normalized spacial score (nSPS) is 11.9. The Morgan fingerprint density at radius 2 is 1.90 bits per heavy atom. The number of fused-ring (bicyclic) bond motifs is 1. The van der Waals surface area contributed by atoms with Gasteiger partial charge in [-0.3, -0.25) is 0 Å². The molecular weight excluding hydrogens is 370 g/mol. The molecule has 0 aliphatic heterocycles. The van der Waals surface area contributed by atoms with E-state index >= 15 is 0 Å². The van der Waals surface area contributed by atoms with Gasteiger partial charge in [-0.25, -0.2) is 8.42 Å². The number of nitrogen functional groups attached to an aromatic ring is 1. The van der Waals surface area contributed by atoms with Crippen molar-refractivity contribution in [2.24, 2.45) is 0 Å². The Morgan fingerprint density at radius 1 is 1.14 bits per heavy atom. The number of anilines is 1. The standard InChI is InChI=1S/C15H12BrNO2S2/c16-11-5-6-15(13(17)7-11)21(18,19)9-10-8-20-14-4-2-1-3-12(10)14/h1-8H,9,17H2. The van der Waals surface area contributed by atoms with Crippen molar-refractivity contribution in [3.05, 3.63) is 57.9 Å². The SMILES string of the molecule is Nc1cc(Br)ccc1S(=O)(=O)Cc1csc2ccccc12. The Hall–Kier alpha value is -1.37. The first kappa shape index (κ1) is 14.6. The molecule has 0 amide bonds. The second-order valence-corrected chi connectivity index (χ2v) is 8.48. The van der Waals surface area contributed by atoms with Crippen molar-refractivity contribution in [3.8, 4) is 0 Å². The van der Waals surface area contributed by atoms with Gasteiger partial charge in [0.25, 0.3) is 0 Å². The molecule has 3 rings (SSSR count). The predicted molar refractivity (Wildman–Crippen MR) is 91.3 cm³/mol. The third-order valence-corrected chi connectivity index (χ3v) is 6.45. The van der Waals surface area contributed by atoms with Crippen LogP contribution in [0.1, 0.15) is 5.56 Å². The van der Waals surface area contributed by atoms with Crippen LogP contribution in [0.4, 0.5) is 5.69 Å². The Morgan fingerprint density at radius 3 is 2.67 bits per heavy atom. The van der Waals surface area contributed by atoms with E-state index in [9.17, 15) is 8.42 Å². The van der Waals surface area contributed by atoms with Gasteiger partial charge in [-0.05, 0) is 40.6 Å². The fourth-order valence-electron chi connectivity index (χ4n) is 2.23. The number of benzene rings is 2. The molecule has 0 saturated carbocycles. The van der Waals surface area contributed by atoms with Crippen LogP contribution in [0.25, 0.3) is 10.1 Å². The lowest BCUT2D eigenvalue weighted by atomic mass is 10.2. The summed E-state index contributed by atoms with van der Waals surface area (Å²) in [6, 6.07) is 12.6. The summed E-state index contributed by atoms with van der Waals surface area (Å²) in [5.41, 5.74) is 6.93. The first-order chi connectivity index (χ1) is 9.97.